The minimum Gasteiger partial charge on any atom is -0.481 e. The van der Waals surface area contributed by atoms with E-state index < -0.39 is 11.9 Å². The molecule has 1 aromatic heterocycles. The van der Waals surface area contributed by atoms with Crippen molar-refractivity contribution in [3.63, 3.8) is 0 Å². The summed E-state index contributed by atoms with van der Waals surface area (Å²) in [5.41, 5.74) is 1.53. The van der Waals surface area contributed by atoms with Gasteiger partial charge in [0.1, 0.15) is 5.75 Å². The van der Waals surface area contributed by atoms with Gasteiger partial charge in [-0.3, -0.25) is 4.79 Å². The summed E-state index contributed by atoms with van der Waals surface area (Å²) >= 11 is 5.81. The predicted molar refractivity (Wildman–Crippen MR) is 76.4 cm³/mol. The second-order valence-corrected chi connectivity index (χ2v) is 4.60. The highest BCUT2D eigenvalue weighted by atomic mass is 35.5. The molecule has 1 aromatic carbocycles. The molecular formula is C15H14ClNO3. The lowest BCUT2D eigenvalue weighted by atomic mass is 10.0. The minimum atomic E-state index is -0.854. The first kappa shape index (κ1) is 14.3. The van der Waals surface area contributed by atoms with Crippen LogP contribution in [0.4, 0.5) is 0 Å². The normalized spacial score (nSPS) is 11.9. The molecule has 1 heterocycles. The van der Waals surface area contributed by atoms with E-state index in [0.29, 0.717) is 17.5 Å². The zero-order valence-electron chi connectivity index (χ0n) is 10.9. The number of benzene rings is 1. The molecule has 0 aliphatic carbocycles. The van der Waals surface area contributed by atoms with Crippen LogP contribution in [0.3, 0.4) is 0 Å². The topological polar surface area (TPSA) is 59.4 Å². The van der Waals surface area contributed by atoms with Crippen LogP contribution < -0.4 is 4.74 Å². The Labute approximate surface area is 122 Å². The number of carboxylic acid groups (broad SMARTS) is 1. The number of ether oxygens (including phenoxy) is 1. The number of alkyl halides is 1. The van der Waals surface area contributed by atoms with E-state index >= 15 is 0 Å². The van der Waals surface area contributed by atoms with Gasteiger partial charge in [-0.15, -0.1) is 11.6 Å². The summed E-state index contributed by atoms with van der Waals surface area (Å²) in [5, 5.41) is 8.95. The zero-order chi connectivity index (χ0) is 14.5. The zero-order valence-corrected chi connectivity index (χ0v) is 11.7. The SMILES string of the molecule is CC(C(=O)O)c1ccc(Oc2ncccc2CCl)cc1. The van der Waals surface area contributed by atoms with E-state index in [9.17, 15) is 4.79 Å². The number of halogens is 1. The van der Waals surface area contributed by atoms with Crippen LogP contribution in [0.5, 0.6) is 11.6 Å². The van der Waals surface area contributed by atoms with E-state index in [1.807, 2.05) is 6.07 Å². The van der Waals surface area contributed by atoms with Crippen molar-refractivity contribution in [2.75, 3.05) is 0 Å². The first-order valence-corrected chi connectivity index (χ1v) is 6.65. The second-order valence-electron chi connectivity index (χ2n) is 4.33. The van der Waals surface area contributed by atoms with Gasteiger partial charge in [0.25, 0.3) is 0 Å². The van der Waals surface area contributed by atoms with Crippen molar-refractivity contribution >= 4 is 17.6 Å². The van der Waals surface area contributed by atoms with Crippen LogP contribution in [-0.2, 0) is 10.7 Å². The lowest BCUT2D eigenvalue weighted by Crippen LogP contribution is -2.06. The minimum absolute atomic E-state index is 0.317. The van der Waals surface area contributed by atoms with E-state index in [1.54, 1.807) is 43.5 Å². The molecule has 0 saturated heterocycles. The Kier molecular flexibility index (Phi) is 4.58. The van der Waals surface area contributed by atoms with Crippen LogP contribution >= 0.6 is 11.6 Å². The van der Waals surface area contributed by atoms with Gasteiger partial charge < -0.3 is 9.84 Å². The number of hydrogen-bond donors (Lipinski definition) is 1. The largest absolute Gasteiger partial charge is 0.481 e. The number of aliphatic carboxylic acids is 1. The first-order chi connectivity index (χ1) is 9.61. The van der Waals surface area contributed by atoms with Gasteiger partial charge in [0.05, 0.1) is 11.8 Å². The molecule has 0 fully saturated rings. The maximum Gasteiger partial charge on any atom is 0.310 e. The van der Waals surface area contributed by atoms with Gasteiger partial charge in [0, 0.05) is 11.8 Å². The van der Waals surface area contributed by atoms with Crippen LogP contribution in [0.25, 0.3) is 0 Å². The fourth-order valence-electron chi connectivity index (χ4n) is 1.70. The quantitative estimate of drug-likeness (QED) is 0.851. The van der Waals surface area contributed by atoms with Crippen molar-refractivity contribution in [3.05, 3.63) is 53.7 Å². The lowest BCUT2D eigenvalue weighted by molar-refractivity contribution is -0.138. The number of rotatable bonds is 5. The third-order valence-electron chi connectivity index (χ3n) is 2.96. The Morgan fingerprint density at radius 2 is 2.05 bits per heavy atom. The van der Waals surface area contributed by atoms with Gasteiger partial charge in [-0.05, 0) is 30.7 Å². The number of aromatic nitrogens is 1. The number of pyridine rings is 1. The van der Waals surface area contributed by atoms with E-state index in [2.05, 4.69) is 4.98 Å². The Bertz CT molecular complexity index is 598. The van der Waals surface area contributed by atoms with Crippen molar-refractivity contribution in [1.82, 2.24) is 4.98 Å². The molecule has 0 saturated carbocycles. The first-order valence-electron chi connectivity index (χ1n) is 6.12. The number of hydrogen-bond acceptors (Lipinski definition) is 3. The molecule has 0 radical (unpaired) electrons. The van der Waals surface area contributed by atoms with Crippen molar-refractivity contribution in [2.45, 2.75) is 18.7 Å². The van der Waals surface area contributed by atoms with Crippen LogP contribution in [0.15, 0.2) is 42.6 Å². The summed E-state index contributed by atoms with van der Waals surface area (Å²) < 4.78 is 5.65. The number of carboxylic acids is 1. The Morgan fingerprint density at radius 3 is 2.65 bits per heavy atom. The van der Waals surface area contributed by atoms with Crippen LogP contribution in [0.1, 0.15) is 24.0 Å². The average Bonchev–Trinajstić information content (AvgIpc) is 2.48. The maximum atomic E-state index is 10.9. The molecule has 1 unspecified atom stereocenters. The molecule has 0 bridgehead atoms. The molecule has 1 atom stereocenters. The average molecular weight is 292 g/mol. The molecule has 104 valence electrons. The fourth-order valence-corrected chi connectivity index (χ4v) is 1.90. The molecule has 1 N–H and O–H groups in total. The van der Waals surface area contributed by atoms with Gasteiger partial charge in [0.2, 0.25) is 5.88 Å². The summed E-state index contributed by atoms with van der Waals surface area (Å²) in [6, 6.07) is 10.6. The smallest absolute Gasteiger partial charge is 0.310 e. The molecular weight excluding hydrogens is 278 g/mol. The predicted octanol–water partition coefficient (Wildman–Crippen LogP) is 3.80. The van der Waals surface area contributed by atoms with Gasteiger partial charge in [-0.1, -0.05) is 18.2 Å². The summed E-state index contributed by atoms with van der Waals surface area (Å²) in [5.74, 6) is -0.0276. The fraction of sp³-hybridized carbons (Fsp3) is 0.200. The van der Waals surface area contributed by atoms with Gasteiger partial charge in [-0.25, -0.2) is 4.98 Å². The van der Waals surface area contributed by atoms with E-state index in [-0.39, 0.29) is 0 Å². The van der Waals surface area contributed by atoms with E-state index in [0.717, 1.165) is 11.1 Å². The van der Waals surface area contributed by atoms with Crippen LogP contribution in [0, 0.1) is 0 Å². The Hall–Kier alpha value is -2.07. The standard InChI is InChI=1S/C15H14ClNO3/c1-10(15(18)19)11-4-6-13(7-5-11)20-14-12(9-16)3-2-8-17-14/h2-8,10H,9H2,1H3,(H,18,19). The summed E-state index contributed by atoms with van der Waals surface area (Å²) in [6.45, 7) is 1.64. The third kappa shape index (κ3) is 3.27. The molecule has 0 aliphatic rings. The van der Waals surface area contributed by atoms with E-state index in [4.69, 9.17) is 21.4 Å². The highest BCUT2D eigenvalue weighted by Crippen LogP contribution is 2.25. The van der Waals surface area contributed by atoms with Crippen molar-refractivity contribution in [1.29, 1.82) is 0 Å². The molecule has 4 nitrogen and oxygen atoms in total. The van der Waals surface area contributed by atoms with Gasteiger partial charge >= 0.3 is 5.97 Å². The van der Waals surface area contributed by atoms with Crippen molar-refractivity contribution in [2.24, 2.45) is 0 Å². The number of nitrogens with zero attached hydrogens (tertiary/aromatic N) is 1. The highest BCUT2D eigenvalue weighted by Gasteiger charge is 2.13. The highest BCUT2D eigenvalue weighted by molar-refractivity contribution is 6.17. The van der Waals surface area contributed by atoms with Crippen LogP contribution in [0.2, 0.25) is 0 Å². The molecule has 0 spiro atoms. The molecule has 0 amide bonds. The molecule has 20 heavy (non-hydrogen) atoms. The Balaban J connectivity index is 2.17. The molecule has 5 heteroatoms. The van der Waals surface area contributed by atoms with Gasteiger partial charge in [-0.2, -0.15) is 0 Å². The van der Waals surface area contributed by atoms with Crippen LogP contribution in [-0.4, -0.2) is 16.1 Å². The van der Waals surface area contributed by atoms with Crippen molar-refractivity contribution < 1.29 is 14.6 Å². The third-order valence-corrected chi connectivity index (χ3v) is 3.25. The molecule has 2 aromatic rings. The Morgan fingerprint density at radius 1 is 1.35 bits per heavy atom. The molecule has 2 rings (SSSR count). The summed E-state index contributed by atoms with van der Waals surface area (Å²) in [7, 11) is 0. The monoisotopic (exact) mass is 291 g/mol. The summed E-state index contributed by atoms with van der Waals surface area (Å²) in [4.78, 5) is 15.0. The second kappa shape index (κ2) is 6.39. The maximum absolute atomic E-state index is 10.9. The number of carbonyl (C=O) groups is 1. The summed E-state index contributed by atoms with van der Waals surface area (Å²) in [6.07, 6.45) is 1.63. The molecule has 0 aliphatic heterocycles. The van der Waals surface area contributed by atoms with E-state index in [1.165, 1.54) is 0 Å². The van der Waals surface area contributed by atoms with Gasteiger partial charge in [0.15, 0.2) is 0 Å². The van der Waals surface area contributed by atoms with Crippen molar-refractivity contribution in [3.8, 4) is 11.6 Å². The lowest BCUT2D eigenvalue weighted by Gasteiger charge is -2.10.